The van der Waals surface area contributed by atoms with Crippen molar-refractivity contribution in [3.05, 3.63) is 50.3 Å². The standard InChI is InChI=1S/C10H6Cl2N4O3/c11-6-3-8(12)14-9(4-6)15-13-5-7-1-2-10(19-7)16(17)18/h1-5H,(H,14,15). The van der Waals surface area contributed by atoms with Gasteiger partial charge in [-0.25, -0.2) is 4.98 Å². The molecule has 2 aromatic heterocycles. The maximum atomic E-state index is 10.4. The summed E-state index contributed by atoms with van der Waals surface area (Å²) in [4.78, 5) is 13.7. The first-order valence-corrected chi connectivity index (χ1v) is 5.66. The molecule has 98 valence electrons. The van der Waals surface area contributed by atoms with Gasteiger partial charge in [0.15, 0.2) is 5.76 Å². The lowest BCUT2D eigenvalue weighted by atomic mass is 10.5. The first-order valence-electron chi connectivity index (χ1n) is 4.91. The summed E-state index contributed by atoms with van der Waals surface area (Å²) in [6.07, 6.45) is 1.27. The number of nitrogens with one attached hydrogen (secondary N) is 1. The molecule has 0 saturated heterocycles. The third kappa shape index (κ3) is 3.67. The summed E-state index contributed by atoms with van der Waals surface area (Å²) in [6, 6.07) is 5.65. The number of hydrazone groups is 1. The molecule has 0 aliphatic rings. The molecule has 0 atom stereocenters. The van der Waals surface area contributed by atoms with E-state index in [9.17, 15) is 10.1 Å². The van der Waals surface area contributed by atoms with Crippen molar-refractivity contribution in [2.75, 3.05) is 5.43 Å². The van der Waals surface area contributed by atoms with Crippen molar-refractivity contribution < 1.29 is 9.34 Å². The van der Waals surface area contributed by atoms with Gasteiger partial charge in [-0.2, -0.15) is 5.10 Å². The van der Waals surface area contributed by atoms with E-state index in [0.717, 1.165) is 0 Å². The molecule has 0 spiro atoms. The molecule has 1 N–H and O–H groups in total. The van der Waals surface area contributed by atoms with Crippen molar-refractivity contribution in [1.82, 2.24) is 4.98 Å². The maximum absolute atomic E-state index is 10.4. The number of halogens is 2. The summed E-state index contributed by atoms with van der Waals surface area (Å²) in [5, 5.41) is 14.8. The summed E-state index contributed by atoms with van der Waals surface area (Å²) < 4.78 is 4.87. The minimum atomic E-state index is -0.636. The zero-order valence-corrected chi connectivity index (χ0v) is 10.7. The summed E-state index contributed by atoms with van der Waals surface area (Å²) in [6.45, 7) is 0. The van der Waals surface area contributed by atoms with E-state index in [-0.39, 0.29) is 16.8 Å². The minimum absolute atomic E-state index is 0.221. The first-order chi connectivity index (χ1) is 9.04. The predicted octanol–water partition coefficient (Wildman–Crippen LogP) is 3.34. The Hall–Kier alpha value is -2.12. The third-order valence-corrected chi connectivity index (χ3v) is 2.33. The number of anilines is 1. The van der Waals surface area contributed by atoms with Crippen LogP contribution >= 0.6 is 23.2 Å². The van der Waals surface area contributed by atoms with Crippen LogP contribution in [0.3, 0.4) is 0 Å². The Morgan fingerprint density at radius 1 is 1.42 bits per heavy atom. The number of aromatic nitrogens is 1. The second-order valence-corrected chi connectivity index (χ2v) is 4.12. The number of hydrogen-bond donors (Lipinski definition) is 1. The maximum Gasteiger partial charge on any atom is 0.433 e. The van der Waals surface area contributed by atoms with E-state index in [1.807, 2.05) is 0 Å². The Morgan fingerprint density at radius 2 is 2.21 bits per heavy atom. The highest BCUT2D eigenvalue weighted by atomic mass is 35.5. The lowest BCUT2D eigenvalue weighted by Gasteiger charge is -1.99. The molecule has 0 bridgehead atoms. The molecule has 19 heavy (non-hydrogen) atoms. The molecule has 2 rings (SSSR count). The van der Waals surface area contributed by atoms with Gasteiger partial charge in [-0.1, -0.05) is 23.2 Å². The second kappa shape index (κ2) is 5.68. The topological polar surface area (TPSA) is 93.6 Å². The van der Waals surface area contributed by atoms with Crippen LogP contribution in [0.5, 0.6) is 0 Å². The number of pyridine rings is 1. The zero-order valence-electron chi connectivity index (χ0n) is 9.21. The van der Waals surface area contributed by atoms with Crippen molar-refractivity contribution in [2.45, 2.75) is 0 Å². The van der Waals surface area contributed by atoms with Gasteiger partial charge in [0.25, 0.3) is 0 Å². The van der Waals surface area contributed by atoms with Crippen LogP contribution in [-0.2, 0) is 0 Å². The van der Waals surface area contributed by atoms with Gasteiger partial charge in [-0.05, 0) is 12.1 Å². The van der Waals surface area contributed by atoms with Gasteiger partial charge in [-0.3, -0.25) is 15.5 Å². The lowest BCUT2D eigenvalue weighted by Crippen LogP contribution is -1.93. The van der Waals surface area contributed by atoms with E-state index in [1.165, 1.54) is 30.5 Å². The highest BCUT2D eigenvalue weighted by Gasteiger charge is 2.10. The summed E-state index contributed by atoms with van der Waals surface area (Å²) >= 11 is 11.5. The number of nitrogens with zero attached hydrogens (tertiary/aromatic N) is 3. The Kier molecular flexibility index (Phi) is 3.98. The molecular weight excluding hydrogens is 295 g/mol. The van der Waals surface area contributed by atoms with E-state index in [4.69, 9.17) is 27.6 Å². The molecule has 0 saturated carbocycles. The van der Waals surface area contributed by atoms with Crippen LogP contribution in [0.15, 0.2) is 33.8 Å². The van der Waals surface area contributed by atoms with E-state index < -0.39 is 4.92 Å². The largest absolute Gasteiger partial charge is 0.433 e. The minimum Gasteiger partial charge on any atom is -0.400 e. The molecule has 2 heterocycles. The van der Waals surface area contributed by atoms with Crippen LogP contribution in [-0.4, -0.2) is 16.1 Å². The molecule has 0 aromatic carbocycles. The number of furan rings is 1. The molecule has 7 nitrogen and oxygen atoms in total. The zero-order chi connectivity index (χ0) is 13.8. The molecule has 0 aliphatic carbocycles. The molecule has 0 aliphatic heterocycles. The second-order valence-electron chi connectivity index (χ2n) is 3.30. The van der Waals surface area contributed by atoms with Gasteiger partial charge in [0, 0.05) is 11.1 Å². The fourth-order valence-corrected chi connectivity index (χ4v) is 1.67. The first kappa shape index (κ1) is 13.3. The Balaban J connectivity index is 2.04. The van der Waals surface area contributed by atoms with Crippen molar-refractivity contribution in [3.63, 3.8) is 0 Å². The van der Waals surface area contributed by atoms with Crippen LogP contribution in [0.4, 0.5) is 11.7 Å². The average Bonchev–Trinajstić information content (AvgIpc) is 2.76. The molecule has 0 radical (unpaired) electrons. The van der Waals surface area contributed by atoms with Crippen LogP contribution in [0.1, 0.15) is 5.76 Å². The van der Waals surface area contributed by atoms with E-state index in [1.54, 1.807) is 0 Å². The highest BCUT2D eigenvalue weighted by molar-refractivity contribution is 6.34. The third-order valence-electron chi connectivity index (χ3n) is 1.92. The van der Waals surface area contributed by atoms with Crippen LogP contribution < -0.4 is 5.43 Å². The van der Waals surface area contributed by atoms with E-state index in [2.05, 4.69) is 15.5 Å². The van der Waals surface area contributed by atoms with Crippen molar-refractivity contribution in [3.8, 4) is 0 Å². The molecule has 0 amide bonds. The fourth-order valence-electron chi connectivity index (χ4n) is 1.19. The molecule has 9 heteroatoms. The average molecular weight is 301 g/mol. The number of nitro groups is 1. The van der Waals surface area contributed by atoms with Crippen molar-refractivity contribution >= 4 is 41.1 Å². The van der Waals surface area contributed by atoms with E-state index >= 15 is 0 Å². The normalized spacial score (nSPS) is 10.8. The van der Waals surface area contributed by atoms with Gasteiger partial charge in [-0.15, -0.1) is 0 Å². The summed E-state index contributed by atoms with van der Waals surface area (Å²) in [7, 11) is 0. The molecule has 2 aromatic rings. The quantitative estimate of drug-likeness (QED) is 0.404. The van der Waals surface area contributed by atoms with Gasteiger partial charge < -0.3 is 4.42 Å². The van der Waals surface area contributed by atoms with Gasteiger partial charge >= 0.3 is 5.88 Å². The number of hydrogen-bond acceptors (Lipinski definition) is 6. The van der Waals surface area contributed by atoms with Gasteiger partial charge in [0.2, 0.25) is 0 Å². The van der Waals surface area contributed by atoms with E-state index in [0.29, 0.717) is 10.8 Å². The SMILES string of the molecule is O=[N+]([O-])c1ccc(C=NNc2cc(Cl)cc(Cl)n2)o1. The van der Waals surface area contributed by atoms with Crippen molar-refractivity contribution in [1.29, 1.82) is 0 Å². The molecule has 0 fully saturated rings. The summed E-state index contributed by atoms with van der Waals surface area (Å²) in [5.74, 6) is 0.215. The monoisotopic (exact) mass is 300 g/mol. The smallest absolute Gasteiger partial charge is 0.400 e. The van der Waals surface area contributed by atoms with Gasteiger partial charge in [0.05, 0.1) is 12.3 Å². The fraction of sp³-hybridized carbons (Fsp3) is 0. The lowest BCUT2D eigenvalue weighted by molar-refractivity contribution is -0.402. The molecule has 0 unspecified atom stereocenters. The highest BCUT2D eigenvalue weighted by Crippen LogP contribution is 2.18. The van der Waals surface area contributed by atoms with Crippen LogP contribution in [0, 0.1) is 10.1 Å². The molecular formula is C10H6Cl2N4O3. The van der Waals surface area contributed by atoms with Crippen molar-refractivity contribution in [2.24, 2.45) is 5.10 Å². The number of rotatable bonds is 4. The Morgan fingerprint density at radius 3 is 2.84 bits per heavy atom. The summed E-state index contributed by atoms with van der Waals surface area (Å²) in [5.41, 5.74) is 2.57. The van der Waals surface area contributed by atoms with Gasteiger partial charge in [0.1, 0.15) is 15.9 Å². The Bertz CT molecular complexity index is 621. The predicted molar refractivity (Wildman–Crippen MR) is 70.8 cm³/mol. The van der Waals surface area contributed by atoms with Crippen LogP contribution in [0.2, 0.25) is 10.2 Å². The van der Waals surface area contributed by atoms with Crippen LogP contribution in [0.25, 0.3) is 0 Å². The Labute approximate surface area is 117 Å².